The number of hydrogen-bond acceptors (Lipinski definition) is 5. The van der Waals surface area contributed by atoms with Crippen LogP contribution in [0.25, 0.3) is 10.9 Å². The van der Waals surface area contributed by atoms with Crippen LogP contribution in [0.2, 0.25) is 0 Å². The monoisotopic (exact) mass is 347 g/mol. The van der Waals surface area contributed by atoms with Crippen molar-refractivity contribution in [3.05, 3.63) is 30.1 Å². The van der Waals surface area contributed by atoms with E-state index in [0.717, 1.165) is 16.7 Å². The van der Waals surface area contributed by atoms with Crippen molar-refractivity contribution >= 4 is 16.7 Å². The van der Waals surface area contributed by atoms with Gasteiger partial charge in [0.1, 0.15) is 12.1 Å². The molecule has 2 N–H and O–H groups in total. The highest BCUT2D eigenvalue weighted by molar-refractivity contribution is 5.89. The highest BCUT2D eigenvalue weighted by atomic mass is 19.3. The minimum absolute atomic E-state index is 0.208. The lowest BCUT2D eigenvalue weighted by molar-refractivity contribution is 0.149. The van der Waals surface area contributed by atoms with Gasteiger partial charge in [0.15, 0.2) is 0 Å². The van der Waals surface area contributed by atoms with Gasteiger partial charge in [0.2, 0.25) is 0 Å². The topological polar surface area (TPSA) is 73.6 Å². The van der Waals surface area contributed by atoms with Gasteiger partial charge in [0, 0.05) is 11.4 Å². The minimum Gasteiger partial charge on any atom is -0.367 e. The zero-order valence-corrected chi connectivity index (χ0v) is 14.3. The molecule has 1 heterocycles. The number of nitrogens with one attached hydrogen (secondary N) is 2. The average Bonchev–Trinajstić information content (AvgIpc) is 2.63. The molecule has 1 fully saturated rings. The summed E-state index contributed by atoms with van der Waals surface area (Å²) in [5, 5.41) is 15.8. The second-order valence-corrected chi connectivity index (χ2v) is 5.99. The number of alkyl halides is 2. The van der Waals surface area contributed by atoms with E-state index in [1.54, 1.807) is 12.4 Å². The van der Waals surface area contributed by atoms with Gasteiger partial charge in [-0.1, -0.05) is 19.3 Å². The SMILES string of the molecule is CNCC(F)F.N#Cc1ccc2ncnc(NC3CCCCC3)c2c1. The van der Waals surface area contributed by atoms with E-state index in [0.29, 0.717) is 11.6 Å². The van der Waals surface area contributed by atoms with Gasteiger partial charge < -0.3 is 10.6 Å². The molecule has 134 valence electrons. The Morgan fingerprint density at radius 1 is 1.24 bits per heavy atom. The lowest BCUT2D eigenvalue weighted by Gasteiger charge is -2.23. The van der Waals surface area contributed by atoms with Gasteiger partial charge in [0.25, 0.3) is 6.43 Å². The Morgan fingerprint density at radius 2 is 2.00 bits per heavy atom. The van der Waals surface area contributed by atoms with E-state index < -0.39 is 6.43 Å². The molecule has 25 heavy (non-hydrogen) atoms. The van der Waals surface area contributed by atoms with Crippen LogP contribution in [0.15, 0.2) is 24.5 Å². The van der Waals surface area contributed by atoms with Crippen molar-refractivity contribution in [3.63, 3.8) is 0 Å². The molecule has 1 aromatic carbocycles. The molecular formula is C18H23F2N5. The Labute approximate surface area is 146 Å². The Balaban J connectivity index is 0.000000326. The van der Waals surface area contributed by atoms with Crippen molar-refractivity contribution in [1.82, 2.24) is 15.3 Å². The van der Waals surface area contributed by atoms with Crippen LogP contribution in [0.5, 0.6) is 0 Å². The fourth-order valence-electron chi connectivity index (χ4n) is 2.84. The number of halogens is 2. The van der Waals surface area contributed by atoms with Crippen molar-refractivity contribution in [2.45, 2.75) is 44.6 Å². The molecule has 0 amide bonds. The van der Waals surface area contributed by atoms with E-state index in [1.165, 1.54) is 39.2 Å². The molecule has 0 saturated heterocycles. The fourth-order valence-corrected chi connectivity index (χ4v) is 2.84. The molecule has 0 atom stereocenters. The number of aromatic nitrogens is 2. The van der Waals surface area contributed by atoms with Crippen molar-refractivity contribution in [2.75, 3.05) is 18.9 Å². The number of nitriles is 1. The highest BCUT2D eigenvalue weighted by Gasteiger charge is 2.15. The zero-order chi connectivity index (χ0) is 18.1. The molecule has 1 saturated carbocycles. The molecule has 5 nitrogen and oxygen atoms in total. The largest absolute Gasteiger partial charge is 0.367 e. The first kappa shape index (κ1) is 19.0. The van der Waals surface area contributed by atoms with Gasteiger partial charge in [-0.25, -0.2) is 18.7 Å². The van der Waals surface area contributed by atoms with Gasteiger partial charge in [0.05, 0.1) is 23.7 Å². The first-order valence-corrected chi connectivity index (χ1v) is 8.48. The normalized spacial score (nSPS) is 14.7. The van der Waals surface area contributed by atoms with Crippen LogP contribution in [0.1, 0.15) is 37.7 Å². The number of anilines is 1. The molecule has 0 unspecified atom stereocenters. The third-order valence-electron chi connectivity index (χ3n) is 4.07. The molecule has 2 aromatic rings. The van der Waals surface area contributed by atoms with Crippen LogP contribution in [0.4, 0.5) is 14.6 Å². The fraction of sp³-hybridized carbons (Fsp3) is 0.500. The summed E-state index contributed by atoms with van der Waals surface area (Å²) >= 11 is 0. The molecule has 1 aromatic heterocycles. The van der Waals surface area contributed by atoms with E-state index in [2.05, 4.69) is 26.7 Å². The van der Waals surface area contributed by atoms with Crippen LogP contribution in [0.3, 0.4) is 0 Å². The van der Waals surface area contributed by atoms with Crippen molar-refractivity contribution < 1.29 is 8.78 Å². The van der Waals surface area contributed by atoms with Crippen molar-refractivity contribution in [2.24, 2.45) is 0 Å². The first-order valence-electron chi connectivity index (χ1n) is 8.48. The third-order valence-corrected chi connectivity index (χ3v) is 4.07. The van der Waals surface area contributed by atoms with E-state index in [1.807, 2.05) is 12.1 Å². The predicted molar refractivity (Wildman–Crippen MR) is 94.7 cm³/mol. The summed E-state index contributed by atoms with van der Waals surface area (Å²) in [5.74, 6) is 0.856. The number of hydrogen-bond donors (Lipinski definition) is 2. The maximum absolute atomic E-state index is 11.0. The summed E-state index contributed by atoms with van der Waals surface area (Å²) in [5.41, 5.74) is 1.53. The zero-order valence-electron chi connectivity index (χ0n) is 14.3. The molecule has 0 radical (unpaired) electrons. The molecule has 3 rings (SSSR count). The Morgan fingerprint density at radius 3 is 2.60 bits per heavy atom. The quantitative estimate of drug-likeness (QED) is 0.882. The van der Waals surface area contributed by atoms with E-state index in [-0.39, 0.29) is 6.54 Å². The van der Waals surface area contributed by atoms with Crippen molar-refractivity contribution in [1.29, 1.82) is 5.26 Å². The second-order valence-electron chi connectivity index (χ2n) is 5.99. The van der Waals surface area contributed by atoms with Crippen LogP contribution in [-0.2, 0) is 0 Å². The summed E-state index contributed by atoms with van der Waals surface area (Å²) in [6.45, 7) is -0.208. The summed E-state index contributed by atoms with van der Waals surface area (Å²) in [6, 6.07) is 8.19. The smallest absolute Gasteiger partial charge is 0.250 e. The molecular weight excluding hydrogens is 324 g/mol. The van der Waals surface area contributed by atoms with Crippen LogP contribution in [-0.4, -0.2) is 36.0 Å². The number of nitrogens with zero attached hydrogens (tertiary/aromatic N) is 3. The summed E-state index contributed by atoms with van der Waals surface area (Å²) < 4.78 is 21.9. The van der Waals surface area contributed by atoms with E-state index in [9.17, 15) is 8.78 Å². The second kappa shape index (κ2) is 9.84. The molecule has 0 bridgehead atoms. The van der Waals surface area contributed by atoms with Crippen LogP contribution >= 0.6 is 0 Å². The number of benzene rings is 1. The summed E-state index contributed by atoms with van der Waals surface area (Å²) in [4.78, 5) is 8.59. The lowest BCUT2D eigenvalue weighted by atomic mass is 9.95. The molecule has 0 aliphatic heterocycles. The third kappa shape index (κ3) is 5.91. The summed E-state index contributed by atoms with van der Waals surface area (Å²) in [6.07, 6.45) is 5.66. The molecule has 1 aliphatic rings. The lowest BCUT2D eigenvalue weighted by Crippen LogP contribution is -2.23. The van der Waals surface area contributed by atoms with Crippen molar-refractivity contribution in [3.8, 4) is 6.07 Å². The molecule has 7 heteroatoms. The van der Waals surface area contributed by atoms with Crippen LogP contribution in [0, 0.1) is 11.3 Å². The van der Waals surface area contributed by atoms with Gasteiger partial charge >= 0.3 is 0 Å². The van der Waals surface area contributed by atoms with Gasteiger partial charge in [-0.2, -0.15) is 5.26 Å². The molecule has 0 spiro atoms. The van der Waals surface area contributed by atoms with Gasteiger partial charge in [-0.15, -0.1) is 0 Å². The first-order chi connectivity index (χ1) is 12.1. The van der Waals surface area contributed by atoms with Crippen LogP contribution < -0.4 is 10.6 Å². The van der Waals surface area contributed by atoms with E-state index in [4.69, 9.17) is 5.26 Å². The Kier molecular flexibility index (Phi) is 7.48. The minimum atomic E-state index is -2.21. The molecule has 1 aliphatic carbocycles. The Bertz CT molecular complexity index is 708. The predicted octanol–water partition coefficient (Wildman–Crippen LogP) is 3.72. The summed E-state index contributed by atoms with van der Waals surface area (Å²) in [7, 11) is 1.49. The maximum Gasteiger partial charge on any atom is 0.250 e. The Hall–Kier alpha value is -2.33. The number of fused-ring (bicyclic) bond motifs is 1. The standard InChI is InChI=1S/C15H16N4.C3H7F2N/c16-9-11-6-7-14-13(8-11)15(18-10-17-14)19-12-4-2-1-3-5-12;1-6-2-3(4)5/h6-8,10,12H,1-5H2,(H,17,18,19);3,6H,2H2,1H3. The van der Waals surface area contributed by atoms with Gasteiger partial charge in [-0.3, -0.25) is 0 Å². The van der Waals surface area contributed by atoms with E-state index >= 15 is 0 Å². The average molecular weight is 347 g/mol. The maximum atomic E-state index is 11.0. The van der Waals surface area contributed by atoms with Gasteiger partial charge in [-0.05, 0) is 38.1 Å². The highest BCUT2D eigenvalue weighted by Crippen LogP contribution is 2.25. The number of rotatable bonds is 4.